The first kappa shape index (κ1) is 33.4. The van der Waals surface area contributed by atoms with Crippen LogP contribution in [0.4, 0.5) is 0 Å². The third-order valence-electron chi connectivity index (χ3n) is 14.2. The molecule has 0 nitrogen and oxygen atoms in total. The van der Waals surface area contributed by atoms with Gasteiger partial charge in [0, 0.05) is 10.8 Å². The first-order valence-corrected chi connectivity index (χ1v) is 20.4. The van der Waals surface area contributed by atoms with Crippen molar-refractivity contribution in [2.45, 2.75) is 90.4 Å². The Morgan fingerprint density at radius 1 is 0.389 bits per heavy atom. The van der Waals surface area contributed by atoms with Crippen molar-refractivity contribution in [3.63, 3.8) is 0 Å². The Bertz CT molecular complexity index is 2610. The van der Waals surface area contributed by atoms with Crippen molar-refractivity contribution in [3.05, 3.63) is 155 Å². The maximum atomic E-state index is 2.56. The Hall–Kier alpha value is -5.20. The lowest BCUT2D eigenvalue weighted by Crippen LogP contribution is -2.23. The van der Waals surface area contributed by atoms with Crippen LogP contribution >= 0.6 is 0 Å². The summed E-state index contributed by atoms with van der Waals surface area (Å²) in [7, 11) is 0. The van der Waals surface area contributed by atoms with E-state index in [0.717, 1.165) is 25.7 Å². The van der Waals surface area contributed by atoms with Crippen LogP contribution in [0.2, 0.25) is 0 Å². The van der Waals surface area contributed by atoms with Gasteiger partial charge in [0.1, 0.15) is 0 Å². The molecule has 0 amide bonds. The molecular formula is C54H50. The quantitative estimate of drug-likeness (QED) is 0.152. The van der Waals surface area contributed by atoms with Crippen molar-refractivity contribution in [3.8, 4) is 44.5 Å². The maximum Gasteiger partial charge on any atom is 0.0210 e. The second-order valence-electron chi connectivity index (χ2n) is 17.3. The number of rotatable bonds is 6. The van der Waals surface area contributed by atoms with Crippen molar-refractivity contribution in [1.29, 1.82) is 0 Å². The smallest absolute Gasteiger partial charge is 0.0210 e. The van der Waals surface area contributed by atoms with Crippen LogP contribution in [0.25, 0.3) is 76.8 Å². The molecule has 2 aliphatic rings. The van der Waals surface area contributed by atoms with Gasteiger partial charge in [-0.1, -0.05) is 158 Å². The summed E-state index contributed by atoms with van der Waals surface area (Å²) in [4.78, 5) is 0. The van der Waals surface area contributed by atoms with Gasteiger partial charge in [0.05, 0.1) is 0 Å². The van der Waals surface area contributed by atoms with Crippen LogP contribution in [0.1, 0.15) is 102 Å². The number of hydrogen-bond donors (Lipinski definition) is 0. The minimum atomic E-state index is 0.0243. The SMILES string of the molecule is CCC1(CC)c2ccccc2-c2ccc(-c3cc(-c4ccc5c(c4)C(CC)(CC)c4ccccc4-5)c4ccc5cc(C(C)(C)C)cc6ccc3c4c65)cc21. The molecule has 0 unspecified atom stereocenters. The van der Waals surface area contributed by atoms with Gasteiger partial charge in [0.2, 0.25) is 0 Å². The van der Waals surface area contributed by atoms with Crippen molar-refractivity contribution in [1.82, 2.24) is 0 Å². The molecule has 0 heterocycles. The van der Waals surface area contributed by atoms with E-state index in [2.05, 4.69) is 176 Å². The Morgan fingerprint density at radius 3 is 1.24 bits per heavy atom. The van der Waals surface area contributed by atoms with Gasteiger partial charge in [-0.25, -0.2) is 0 Å². The van der Waals surface area contributed by atoms with Crippen LogP contribution in [-0.2, 0) is 16.2 Å². The lowest BCUT2D eigenvalue weighted by atomic mass is 9.73. The van der Waals surface area contributed by atoms with E-state index in [-0.39, 0.29) is 16.2 Å². The van der Waals surface area contributed by atoms with E-state index in [1.165, 1.54) is 105 Å². The molecule has 266 valence electrons. The molecule has 0 N–H and O–H groups in total. The Morgan fingerprint density at radius 2 is 0.815 bits per heavy atom. The summed E-state index contributed by atoms with van der Waals surface area (Å²) in [5.41, 5.74) is 18.3. The second-order valence-corrected chi connectivity index (χ2v) is 17.3. The molecule has 0 fully saturated rings. The van der Waals surface area contributed by atoms with Gasteiger partial charge in [-0.3, -0.25) is 0 Å². The molecule has 10 rings (SSSR count). The number of benzene rings is 8. The van der Waals surface area contributed by atoms with Gasteiger partial charge >= 0.3 is 0 Å². The Kier molecular flexibility index (Phi) is 7.20. The summed E-state index contributed by atoms with van der Waals surface area (Å²) >= 11 is 0. The van der Waals surface area contributed by atoms with E-state index < -0.39 is 0 Å². The summed E-state index contributed by atoms with van der Waals surface area (Å²) in [5, 5.41) is 8.12. The minimum Gasteiger partial charge on any atom is -0.0642 e. The standard InChI is InChI=1S/C54H50/c1-8-53(9-2)46-18-14-12-16-38(46)40-24-20-33(30-48(40)53)44-32-45(34-21-25-41-39-17-13-15-19-47(39)54(10-3,11-4)49(41)31-34)43-27-23-36-29-37(52(5,6)7)28-35-22-26-42(44)51(43)50(35)36/h12-32H,8-11H2,1-7H3. The average Bonchev–Trinajstić information content (AvgIpc) is 3.65. The highest BCUT2D eigenvalue weighted by atomic mass is 14.4. The summed E-state index contributed by atoms with van der Waals surface area (Å²) in [5.74, 6) is 0. The Balaban J connectivity index is 1.28. The molecule has 0 radical (unpaired) electrons. The normalized spacial score (nSPS) is 15.2. The molecule has 0 spiro atoms. The zero-order valence-electron chi connectivity index (χ0n) is 33.0. The average molecular weight is 699 g/mol. The fourth-order valence-electron chi connectivity index (χ4n) is 11.1. The molecule has 0 atom stereocenters. The highest BCUT2D eigenvalue weighted by molar-refractivity contribution is 6.28. The van der Waals surface area contributed by atoms with E-state index in [0.29, 0.717) is 0 Å². The fraction of sp³-hybridized carbons (Fsp3) is 0.259. The van der Waals surface area contributed by atoms with Gasteiger partial charge in [0.15, 0.2) is 0 Å². The monoisotopic (exact) mass is 698 g/mol. The zero-order chi connectivity index (χ0) is 37.1. The maximum absolute atomic E-state index is 2.56. The topological polar surface area (TPSA) is 0 Å². The molecule has 0 bridgehead atoms. The van der Waals surface area contributed by atoms with E-state index in [4.69, 9.17) is 0 Å². The molecule has 2 aliphatic carbocycles. The van der Waals surface area contributed by atoms with Crippen molar-refractivity contribution >= 4 is 32.3 Å². The molecule has 54 heavy (non-hydrogen) atoms. The van der Waals surface area contributed by atoms with Crippen LogP contribution in [0.3, 0.4) is 0 Å². The summed E-state index contributed by atoms with van der Waals surface area (Å²) in [6.07, 6.45) is 4.35. The van der Waals surface area contributed by atoms with Crippen LogP contribution < -0.4 is 0 Å². The highest BCUT2D eigenvalue weighted by Gasteiger charge is 2.42. The fourth-order valence-corrected chi connectivity index (χ4v) is 11.1. The minimum absolute atomic E-state index is 0.0243. The summed E-state index contributed by atoms with van der Waals surface area (Å²) < 4.78 is 0. The third kappa shape index (κ3) is 4.32. The van der Waals surface area contributed by atoms with Gasteiger partial charge in [-0.2, -0.15) is 0 Å². The van der Waals surface area contributed by atoms with Crippen molar-refractivity contribution < 1.29 is 0 Å². The van der Waals surface area contributed by atoms with Gasteiger partial charge < -0.3 is 0 Å². The van der Waals surface area contributed by atoms with Crippen molar-refractivity contribution in [2.75, 3.05) is 0 Å². The van der Waals surface area contributed by atoms with E-state index >= 15 is 0 Å². The van der Waals surface area contributed by atoms with Crippen molar-refractivity contribution in [2.24, 2.45) is 0 Å². The van der Waals surface area contributed by atoms with Crippen LogP contribution in [-0.4, -0.2) is 0 Å². The summed E-state index contributed by atoms with van der Waals surface area (Å²) in [6, 6.07) is 50.1. The first-order chi connectivity index (χ1) is 26.2. The molecule has 0 saturated carbocycles. The molecule has 0 heteroatoms. The molecule has 0 saturated heterocycles. The second kappa shape index (κ2) is 11.6. The third-order valence-corrected chi connectivity index (χ3v) is 14.2. The molecular weight excluding hydrogens is 649 g/mol. The summed E-state index contributed by atoms with van der Waals surface area (Å²) in [6.45, 7) is 16.5. The predicted octanol–water partition coefficient (Wildman–Crippen LogP) is 15.4. The molecule has 8 aromatic carbocycles. The largest absolute Gasteiger partial charge is 0.0642 e. The van der Waals surface area contributed by atoms with Crippen LogP contribution in [0.15, 0.2) is 127 Å². The van der Waals surface area contributed by atoms with Gasteiger partial charge in [-0.05, 0) is 154 Å². The molecule has 0 aliphatic heterocycles. The van der Waals surface area contributed by atoms with Crippen LogP contribution in [0.5, 0.6) is 0 Å². The molecule has 0 aromatic heterocycles. The van der Waals surface area contributed by atoms with Gasteiger partial charge in [0.25, 0.3) is 0 Å². The number of fused-ring (bicyclic) bond motifs is 6. The van der Waals surface area contributed by atoms with Crippen LogP contribution in [0, 0.1) is 0 Å². The molecule has 8 aromatic rings. The van der Waals surface area contributed by atoms with Gasteiger partial charge in [-0.15, -0.1) is 0 Å². The predicted molar refractivity (Wildman–Crippen MR) is 233 cm³/mol. The zero-order valence-corrected chi connectivity index (χ0v) is 33.0. The lowest BCUT2D eigenvalue weighted by molar-refractivity contribution is 0.490. The Labute approximate surface area is 321 Å². The van der Waals surface area contributed by atoms with E-state index in [1.807, 2.05) is 0 Å². The van der Waals surface area contributed by atoms with E-state index in [9.17, 15) is 0 Å². The lowest BCUT2D eigenvalue weighted by Gasteiger charge is -2.30. The first-order valence-electron chi connectivity index (χ1n) is 20.4. The van der Waals surface area contributed by atoms with E-state index in [1.54, 1.807) is 0 Å². The highest BCUT2D eigenvalue weighted by Crippen LogP contribution is 2.56. The number of hydrogen-bond acceptors (Lipinski definition) is 0.